The molecule has 0 saturated carbocycles. The maximum absolute atomic E-state index is 13.4. The lowest BCUT2D eigenvalue weighted by Gasteiger charge is -2.23. The topological polar surface area (TPSA) is 59.1 Å². The maximum Gasteiger partial charge on any atom is 0.265 e. The molecule has 4 rings (SSSR count). The van der Waals surface area contributed by atoms with E-state index in [0.717, 1.165) is 5.56 Å². The van der Waals surface area contributed by atoms with E-state index < -0.39 is 11.8 Å². The molecular weight excluding hydrogens is 366 g/mol. The van der Waals surface area contributed by atoms with Crippen molar-refractivity contribution in [3.63, 3.8) is 0 Å². The number of rotatable bonds is 6. The zero-order chi connectivity index (χ0) is 20.2. The number of amides is 2. The fraction of sp³-hybridized carbons (Fsp3) is 0.167. The van der Waals surface area contributed by atoms with Crippen LogP contribution in [-0.4, -0.2) is 31.1 Å². The van der Waals surface area contributed by atoms with Gasteiger partial charge in [0.2, 0.25) is 0 Å². The van der Waals surface area contributed by atoms with Gasteiger partial charge in [-0.1, -0.05) is 48.0 Å². The number of anilines is 1. The van der Waals surface area contributed by atoms with Crippen molar-refractivity contribution >= 4 is 17.5 Å². The molecule has 2 amide bonds. The van der Waals surface area contributed by atoms with Crippen molar-refractivity contribution in [1.82, 2.24) is 0 Å². The molecule has 1 fully saturated rings. The van der Waals surface area contributed by atoms with E-state index in [1.807, 2.05) is 31.2 Å². The van der Waals surface area contributed by atoms with Crippen LogP contribution < -0.4 is 9.64 Å². The highest BCUT2D eigenvalue weighted by Crippen LogP contribution is 2.31. The lowest BCUT2D eigenvalue weighted by atomic mass is 10.1. The van der Waals surface area contributed by atoms with Crippen molar-refractivity contribution in [3.8, 4) is 5.75 Å². The van der Waals surface area contributed by atoms with Gasteiger partial charge >= 0.3 is 0 Å². The van der Waals surface area contributed by atoms with Crippen LogP contribution in [0, 0.1) is 6.92 Å². The molecule has 1 saturated heterocycles. The summed E-state index contributed by atoms with van der Waals surface area (Å²) < 4.78 is 11.1. The van der Waals surface area contributed by atoms with Gasteiger partial charge in [-0.3, -0.25) is 9.59 Å². The molecule has 1 atom stereocenters. The van der Waals surface area contributed by atoms with E-state index in [4.69, 9.17) is 9.47 Å². The lowest BCUT2D eigenvalue weighted by Crippen LogP contribution is -2.37. The Balaban J connectivity index is 1.75. The van der Waals surface area contributed by atoms with Gasteiger partial charge in [0.15, 0.2) is 0 Å². The van der Waals surface area contributed by atoms with Crippen molar-refractivity contribution in [1.29, 1.82) is 0 Å². The Morgan fingerprint density at radius 3 is 2.14 bits per heavy atom. The molecule has 0 spiro atoms. The summed E-state index contributed by atoms with van der Waals surface area (Å²) in [5.41, 5.74) is 2.30. The number of carbonyl (C=O) groups excluding carboxylic acids is 2. The van der Waals surface area contributed by atoms with Crippen molar-refractivity contribution in [3.05, 3.63) is 95.6 Å². The van der Waals surface area contributed by atoms with Gasteiger partial charge in [-0.25, -0.2) is 4.90 Å². The van der Waals surface area contributed by atoms with Crippen molar-refractivity contribution in [2.24, 2.45) is 0 Å². The lowest BCUT2D eigenvalue weighted by molar-refractivity contribution is 0.0896. The Bertz CT molecular complexity index is 1010. The van der Waals surface area contributed by atoms with Crippen LogP contribution in [0.1, 0.15) is 26.3 Å². The van der Waals surface area contributed by atoms with Crippen LogP contribution in [0.4, 0.5) is 5.69 Å². The number of carbonyl (C=O) groups is 2. The van der Waals surface area contributed by atoms with Crippen LogP contribution in [0.5, 0.6) is 5.75 Å². The number of hydrogen-bond donors (Lipinski definition) is 0. The average Bonchev–Trinajstić information content (AvgIpc) is 3.59. The van der Waals surface area contributed by atoms with Gasteiger partial charge in [0.1, 0.15) is 18.5 Å². The number of hydrogen-bond acceptors (Lipinski definition) is 4. The molecule has 5 nitrogen and oxygen atoms in total. The van der Waals surface area contributed by atoms with Crippen molar-refractivity contribution < 1.29 is 19.1 Å². The predicted octanol–water partition coefficient (Wildman–Crippen LogP) is 4.26. The normalized spacial score (nSPS) is 14.9. The Morgan fingerprint density at radius 1 is 0.897 bits per heavy atom. The minimum Gasteiger partial charge on any atom is -0.489 e. The zero-order valence-electron chi connectivity index (χ0n) is 16.1. The van der Waals surface area contributed by atoms with Gasteiger partial charge in [0.05, 0.1) is 12.3 Å². The monoisotopic (exact) mass is 387 g/mol. The van der Waals surface area contributed by atoms with E-state index in [1.54, 1.807) is 54.6 Å². The van der Waals surface area contributed by atoms with Gasteiger partial charge in [0, 0.05) is 11.1 Å². The second kappa shape index (κ2) is 8.29. The first-order valence-electron chi connectivity index (χ1n) is 9.47. The first-order chi connectivity index (χ1) is 14.1. The quantitative estimate of drug-likeness (QED) is 0.468. The summed E-state index contributed by atoms with van der Waals surface area (Å²) in [6.45, 7) is 2.99. The Hall–Kier alpha value is -3.44. The van der Waals surface area contributed by atoms with Crippen LogP contribution in [0.25, 0.3) is 0 Å². The zero-order valence-corrected chi connectivity index (χ0v) is 16.1. The van der Waals surface area contributed by atoms with Gasteiger partial charge in [-0.2, -0.15) is 0 Å². The smallest absolute Gasteiger partial charge is 0.265 e. The van der Waals surface area contributed by atoms with Gasteiger partial charge in [0.25, 0.3) is 11.8 Å². The van der Waals surface area contributed by atoms with E-state index in [9.17, 15) is 9.59 Å². The number of benzene rings is 3. The second-order valence-corrected chi connectivity index (χ2v) is 6.91. The van der Waals surface area contributed by atoms with Crippen LogP contribution in [0.2, 0.25) is 0 Å². The van der Waals surface area contributed by atoms with E-state index >= 15 is 0 Å². The molecule has 1 aliphatic heterocycles. The first-order valence-corrected chi connectivity index (χ1v) is 9.47. The maximum atomic E-state index is 13.4. The van der Waals surface area contributed by atoms with Gasteiger partial charge < -0.3 is 9.47 Å². The Morgan fingerprint density at radius 2 is 1.48 bits per heavy atom. The van der Waals surface area contributed by atoms with Crippen molar-refractivity contribution in [2.75, 3.05) is 18.1 Å². The molecule has 0 aliphatic carbocycles. The standard InChI is InChI=1S/C24H21NO4/c1-17-11-13-19(14-12-17)24(27)25(23(26)18-7-3-2-4-8-18)21-9-5-6-10-22(21)29-16-20-15-28-20/h2-14,20H,15-16H2,1H3. The average molecular weight is 387 g/mol. The molecule has 3 aromatic rings. The van der Waals surface area contributed by atoms with E-state index in [1.165, 1.54) is 4.90 Å². The molecule has 0 radical (unpaired) electrons. The van der Waals surface area contributed by atoms with Crippen LogP contribution >= 0.6 is 0 Å². The Kier molecular flexibility index (Phi) is 5.40. The number of nitrogens with zero attached hydrogens (tertiary/aromatic N) is 1. The third kappa shape index (κ3) is 4.36. The van der Waals surface area contributed by atoms with E-state index in [2.05, 4.69) is 0 Å². The summed E-state index contributed by atoms with van der Waals surface area (Å²) in [5, 5.41) is 0. The molecule has 146 valence electrons. The second-order valence-electron chi connectivity index (χ2n) is 6.91. The SMILES string of the molecule is Cc1ccc(C(=O)N(C(=O)c2ccccc2)c2ccccc2OCC2CO2)cc1. The van der Waals surface area contributed by atoms with E-state index in [-0.39, 0.29) is 6.10 Å². The number of imide groups is 1. The molecular formula is C24H21NO4. The molecule has 0 N–H and O–H groups in total. The molecule has 1 unspecified atom stereocenters. The third-order valence-electron chi connectivity index (χ3n) is 4.66. The first kappa shape index (κ1) is 18.9. The minimum atomic E-state index is -0.408. The minimum absolute atomic E-state index is 0.0640. The Labute approximate surface area is 169 Å². The molecule has 5 heteroatoms. The number of para-hydroxylation sites is 2. The molecule has 1 aliphatic rings. The highest BCUT2D eigenvalue weighted by molar-refractivity contribution is 6.26. The highest BCUT2D eigenvalue weighted by Gasteiger charge is 2.29. The fourth-order valence-electron chi connectivity index (χ4n) is 2.96. The van der Waals surface area contributed by atoms with Gasteiger partial charge in [-0.05, 0) is 43.3 Å². The number of ether oxygens (including phenoxy) is 2. The summed E-state index contributed by atoms with van der Waals surface area (Å²) in [6, 6.07) is 23.0. The number of aryl methyl sites for hydroxylation is 1. The van der Waals surface area contributed by atoms with Crippen molar-refractivity contribution in [2.45, 2.75) is 13.0 Å². The van der Waals surface area contributed by atoms with Crippen LogP contribution in [-0.2, 0) is 4.74 Å². The predicted molar refractivity (Wildman–Crippen MR) is 110 cm³/mol. The molecule has 0 bridgehead atoms. The largest absolute Gasteiger partial charge is 0.489 e. The summed E-state index contributed by atoms with van der Waals surface area (Å²) in [4.78, 5) is 27.9. The van der Waals surface area contributed by atoms with E-state index in [0.29, 0.717) is 35.8 Å². The molecule has 0 aromatic heterocycles. The number of epoxide rings is 1. The summed E-state index contributed by atoms with van der Waals surface area (Å²) in [6.07, 6.45) is 0.0640. The summed E-state index contributed by atoms with van der Waals surface area (Å²) in [7, 11) is 0. The highest BCUT2D eigenvalue weighted by atomic mass is 16.6. The van der Waals surface area contributed by atoms with Crippen LogP contribution in [0.3, 0.4) is 0 Å². The van der Waals surface area contributed by atoms with Crippen LogP contribution in [0.15, 0.2) is 78.9 Å². The summed E-state index contributed by atoms with van der Waals surface area (Å²) >= 11 is 0. The summed E-state index contributed by atoms with van der Waals surface area (Å²) in [5.74, 6) is -0.347. The van der Waals surface area contributed by atoms with Gasteiger partial charge in [-0.15, -0.1) is 0 Å². The molecule has 29 heavy (non-hydrogen) atoms. The molecule has 1 heterocycles. The third-order valence-corrected chi connectivity index (χ3v) is 4.66. The molecule has 3 aromatic carbocycles. The fourth-order valence-corrected chi connectivity index (χ4v) is 2.96.